The second kappa shape index (κ2) is 7.14. The van der Waals surface area contributed by atoms with Crippen molar-refractivity contribution in [2.75, 3.05) is 18.1 Å². The number of carbonyl (C=O) groups excluding carboxylic acids is 1. The molecule has 0 aliphatic heterocycles. The van der Waals surface area contributed by atoms with Crippen LogP contribution in [0.25, 0.3) is 0 Å². The molecule has 2 rings (SSSR count). The van der Waals surface area contributed by atoms with Crippen molar-refractivity contribution in [3.63, 3.8) is 0 Å². The fourth-order valence-electron chi connectivity index (χ4n) is 2.11. The molecule has 0 spiro atoms. The zero-order valence-corrected chi connectivity index (χ0v) is 12.9. The number of amides is 1. The summed E-state index contributed by atoms with van der Waals surface area (Å²) in [6.45, 7) is 5.09. The number of hydrogen-bond acceptors (Lipinski definition) is 2. The van der Waals surface area contributed by atoms with Gasteiger partial charge in [0.1, 0.15) is 5.75 Å². The van der Waals surface area contributed by atoms with Gasteiger partial charge >= 0.3 is 0 Å². The average Bonchev–Trinajstić information content (AvgIpc) is 2.50. The summed E-state index contributed by atoms with van der Waals surface area (Å²) in [7, 11) is 0. The smallest absolute Gasteiger partial charge is 0.258 e. The molecule has 0 atom stereocenters. The molecule has 2 aromatic rings. The van der Waals surface area contributed by atoms with E-state index in [9.17, 15) is 4.79 Å². The van der Waals surface area contributed by atoms with E-state index in [2.05, 4.69) is 0 Å². The third-order valence-electron chi connectivity index (χ3n) is 3.09. The summed E-state index contributed by atoms with van der Waals surface area (Å²) in [6.07, 6.45) is 0. The van der Waals surface area contributed by atoms with E-state index < -0.39 is 0 Å². The minimum Gasteiger partial charge on any atom is -0.494 e. The summed E-state index contributed by atoms with van der Waals surface area (Å²) in [5.74, 6) is 0.733. The summed E-state index contributed by atoms with van der Waals surface area (Å²) in [6, 6.07) is 14.5. The molecule has 0 fully saturated rings. The van der Waals surface area contributed by atoms with E-state index in [0.717, 1.165) is 11.4 Å². The number of hydrogen-bond donors (Lipinski definition) is 0. The van der Waals surface area contributed by atoms with Crippen LogP contribution in [0.15, 0.2) is 48.5 Å². The van der Waals surface area contributed by atoms with Crippen molar-refractivity contribution in [1.29, 1.82) is 0 Å². The molecule has 0 saturated heterocycles. The molecule has 0 radical (unpaired) electrons. The van der Waals surface area contributed by atoms with Gasteiger partial charge in [-0.2, -0.15) is 0 Å². The normalized spacial score (nSPS) is 10.2. The Morgan fingerprint density at radius 2 is 1.86 bits per heavy atom. The first kappa shape index (κ1) is 15.4. The Kier molecular flexibility index (Phi) is 5.23. The largest absolute Gasteiger partial charge is 0.494 e. The Morgan fingerprint density at radius 1 is 1.14 bits per heavy atom. The molecule has 0 heterocycles. The molecule has 0 aliphatic carbocycles. The molecule has 0 N–H and O–H groups in total. The topological polar surface area (TPSA) is 29.5 Å². The highest BCUT2D eigenvalue weighted by Gasteiger charge is 2.16. The molecule has 0 unspecified atom stereocenters. The molecule has 3 nitrogen and oxygen atoms in total. The summed E-state index contributed by atoms with van der Waals surface area (Å²) in [5, 5.41) is 0.559. The van der Waals surface area contributed by atoms with Gasteiger partial charge in [-0.05, 0) is 56.3 Å². The molecule has 1 amide bonds. The monoisotopic (exact) mass is 303 g/mol. The van der Waals surface area contributed by atoms with Crippen LogP contribution in [0.5, 0.6) is 5.75 Å². The lowest BCUT2D eigenvalue weighted by Crippen LogP contribution is -2.30. The lowest BCUT2D eigenvalue weighted by atomic mass is 10.1. The van der Waals surface area contributed by atoms with Gasteiger partial charge in [-0.3, -0.25) is 4.79 Å². The number of nitrogens with zero attached hydrogens (tertiary/aromatic N) is 1. The van der Waals surface area contributed by atoms with Crippen molar-refractivity contribution in [2.24, 2.45) is 0 Å². The zero-order valence-electron chi connectivity index (χ0n) is 12.2. The summed E-state index contributed by atoms with van der Waals surface area (Å²) in [5.41, 5.74) is 1.42. The number of benzene rings is 2. The minimum atomic E-state index is -0.0656. The number of carbonyl (C=O) groups is 1. The second-order valence-electron chi connectivity index (χ2n) is 4.49. The maximum atomic E-state index is 12.6. The van der Waals surface area contributed by atoms with Gasteiger partial charge in [-0.1, -0.05) is 17.7 Å². The first-order valence-electron chi connectivity index (χ1n) is 6.96. The van der Waals surface area contributed by atoms with Crippen LogP contribution < -0.4 is 9.64 Å². The van der Waals surface area contributed by atoms with E-state index in [1.807, 2.05) is 38.1 Å². The van der Waals surface area contributed by atoms with Crippen LogP contribution in [0.2, 0.25) is 5.02 Å². The Labute approximate surface area is 130 Å². The van der Waals surface area contributed by atoms with Gasteiger partial charge in [0.25, 0.3) is 5.91 Å². The highest BCUT2D eigenvalue weighted by molar-refractivity contribution is 6.31. The van der Waals surface area contributed by atoms with Crippen LogP contribution in [0, 0.1) is 0 Å². The molecular weight excluding hydrogens is 286 g/mol. The van der Waals surface area contributed by atoms with E-state index >= 15 is 0 Å². The van der Waals surface area contributed by atoms with E-state index in [0.29, 0.717) is 23.7 Å². The fraction of sp³-hybridized carbons (Fsp3) is 0.235. The summed E-state index contributed by atoms with van der Waals surface area (Å²) >= 11 is 5.95. The molecule has 2 aromatic carbocycles. The van der Waals surface area contributed by atoms with Crippen LogP contribution in [0.4, 0.5) is 5.69 Å². The van der Waals surface area contributed by atoms with Crippen molar-refractivity contribution in [3.05, 3.63) is 59.1 Å². The third-order valence-corrected chi connectivity index (χ3v) is 3.33. The predicted octanol–water partition coefficient (Wildman–Crippen LogP) is 4.41. The summed E-state index contributed by atoms with van der Waals surface area (Å²) in [4.78, 5) is 14.3. The first-order chi connectivity index (χ1) is 10.2. The highest BCUT2D eigenvalue weighted by atomic mass is 35.5. The number of ether oxygens (including phenoxy) is 1. The molecule has 0 bridgehead atoms. The van der Waals surface area contributed by atoms with E-state index in [1.54, 1.807) is 29.2 Å². The third kappa shape index (κ3) is 3.76. The van der Waals surface area contributed by atoms with E-state index in [4.69, 9.17) is 16.3 Å². The predicted molar refractivity (Wildman–Crippen MR) is 86.4 cm³/mol. The van der Waals surface area contributed by atoms with Crippen molar-refractivity contribution in [3.8, 4) is 5.75 Å². The molecule has 21 heavy (non-hydrogen) atoms. The average molecular weight is 304 g/mol. The first-order valence-corrected chi connectivity index (χ1v) is 7.33. The SMILES string of the molecule is CCOc1ccc(N(CC)C(=O)c2cccc(Cl)c2)cc1. The number of anilines is 1. The molecular formula is C17H18ClNO2. The van der Waals surface area contributed by atoms with Gasteiger partial charge in [0, 0.05) is 22.8 Å². The fourth-order valence-corrected chi connectivity index (χ4v) is 2.30. The quantitative estimate of drug-likeness (QED) is 0.819. The van der Waals surface area contributed by atoms with Gasteiger partial charge < -0.3 is 9.64 Å². The van der Waals surface area contributed by atoms with Crippen LogP contribution >= 0.6 is 11.6 Å². The summed E-state index contributed by atoms with van der Waals surface area (Å²) < 4.78 is 5.41. The van der Waals surface area contributed by atoms with E-state index in [-0.39, 0.29) is 5.91 Å². The van der Waals surface area contributed by atoms with E-state index in [1.165, 1.54) is 0 Å². The van der Waals surface area contributed by atoms with Crippen molar-refractivity contribution in [2.45, 2.75) is 13.8 Å². The molecule has 110 valence electrons. The molecule has 0 saturated carbocycles. The number of rotatable bonds is 5. The van der Waals surface area contributed by atoms with Crippen LogP contribution in [-0.2, 0) is 0 Å². The molecule has 0 aromatic heterocycles. The van der Waals surface area contributed by atoms with Crippen molar-refractivity contribution < 1.29 is 9.53 Å². The van der Waals surface area contributed by atoms with Gasteiger partial charge in [0.05, 0.1) is 6.61 Å². The molecule has 4 heteroatoms. The minimum absolute atomic E-state index is 0.0656. The lowest BCUT2D eigenvalue weighted by Gasteiger charge is -2.21. The zero-order chi connectivity index (χ0) is 15.2. The Balaban J connectivity index is 2.24. The van der Waals surface area contributed by atoms with Crippen molar-refractivity contribution in [1.82, 2.24) is 0 Å². The Morgan fingerprint density at radius 3 is 2.43 bits per heavy atom. The Hall–Kier alpha value is -2.00. The highest BCUT2D eigenvalue weighted by Crippen LogP contribution is 2.22. The van der Waals surface area contributed by atoms with Crippen LogP contribution in [0.3, 0.4) is 0 Å². The van der Waals surface area contributed by atoms with Gasteiger partial charge in [0.15, 0.2) is 0 Å². The maximum Gasteiger partial charge on any atom is 0.258 e. The standard InChI is InChI=1S/C17H18ClNO2/c1-3-19(15-8-10-16(11-9-15)21-4-2)17(20)13-6-5-7-14(18)12-13/h5-12H,3-4H2,1-2H3. The maximum absolute atomic E-state index is 12.6. The van der Waals surface area contributed by atoms with Crippen LogP contribution in [-0.4, -0.2) is 19.1 Å². The van der Waals surface area contributed by atoms with Crippen LogP contribution in [0.1, 0.15) is 24.2 Å². The number of halogens is 1. The van der Waals surface area contributed by atoms with Crippen molar-refractivity contribution >= 4 is 23.2 Å². The molecule has 0 aliphatic rings. The van der Waals surface area contributed by atoms with Gasteiger partial charge in [-0.15, -0.1) is 0 Å². The van der Waals surface area contributed by atoms with Gasteiger partial charge in [-0.25, -0.2) is 0 Å². The lowest BCUT2D eigenvalue weighted by molar-refractivity contribution is 0.0988. The second-order valence-corrected chi connectivity index (χ2v) is 4.92. The van der Waals surface area contributed by atoms with Gasteiger partial charge in [0.2, 0.25) is 0 Å². The Bertz CT molecular complexity index is 610.